The van der Waals surface area contributed by atoms with E-state index in [-0.39, 0.29) is 0 Å². The third kappa shape index (κ3) is 6.49. The molecule has 0 heterocycles. The van der Waals surface area contributed by atoms with Gasteiger partial charge in [0.25, 0.3) is 0 Å². The Morgan fingerprint density at radius 1 is 0.682 bits per heavy atom. The van der Waals surface area contributed by atoms with Gasteiger partial charge in [0.15, 0.2) is 0 Å². The van der Waals surface area contributed by atoms with Crippen LogP contribution in [0.2, 0.25) is 6.82 Å². The Bertz CT molecular complexity index is 588. The second-order valence-electron chi connectivity index (χ2n) is 7.66. The molecule has 0 aliphatic heterocycles. The highest BCUT2D eigenvalue weighted by Gasteiger charge is 2.12. The van der Waals surface area contributed by atoms with Crippen molar-refractivity contribution in [1.29, 1.82) is 0 Å². The van der Waals surface area contributed by atoms with Gasteiger partial charge >= 0.3 is 0 Å². The molecule has 0 saturated carbocycles. The van der Waals surface area contributed by atoms with Crippen LogP contribution in [-0.2, 0) is 0 Å². The first-order valence-corrected chi connectivity index (χ1v) is 8.00. The minimum Gasteiger partial charge on any atom is -0.333 e. The summed E-state index contributed by atoms with van der Waals surface area (Å²) in [4.78, 5) is 0. The minimum absolute atomic E-state index is 0.467. The first kappa shape index (κ1) is 18.5. The van der Waals surface area contributed by atoms with E-state index in [9.17, 15) is 0 Å². The van der Waals surface area contributed by atoms with Crippen LogP contribution in [0.3, 0.4) is 0 Å². The molecule has 0 amide bonds. The van der Waals surface area contributed by atoms with E-state index < -0.39 is 0 Å². The number of nitrogens with zero attached hydrogens (tertiary/aromatic N) is 1. The molecule has 0 spiro atoms. The molecule has 118 valence electrons. The van der Waals surface area contributed by atoms with Gasteiger partial charge in [0.05, 0.1) is 28.2 Å². The standard InChI is InChI=1S/C16H19B.C4H12N/c1-12-5-8-15(9-6-12)17(4)16-10-7-13(2)14(3)11-16;1-5(2,3)4/h5-11H,1-4H3;1-4H3/q;+1. The zero-order chi connectivity index (χ0) is 16.9. The van der Waals surface area contributed by atoms with Crippen LogP contribution in [0.25, 0.3) is 0 Å². The Hall–Kier alpha value is -1.54. The van der Waals surface area contributed by atoms with Crippen molar-refractivity contribution >= 4 is 17.6 Å². The predicted octanol–water partition coefficient (Wildman–Crippen LogP) is 3.17. The van der Waals surface area contributed by atoms with E-state index in [2.05, 4.69) is 98.2 Å². The van der Waals surface area contributed by atoms with E-state index >= 15 is 0 Å². The maximum absolute atomic E-state index is 2.31. The molecule has 22 heavy (non-hydrogen) atoms. The molecule has 0 aliphatic rings. The normalized spacial score (nSPS) is 10.7. The van der Waals surface area contributed by atoms with Crippen molar-refractivity contribution in [2.75, 3.05) is 28.2 Å². The zero-order valence-corrected chi connectivity index (χ0v) is 15.6. The van der Waals surface area contributed by atoms with Crippen LogP contribution in [0.4, 0.5) is 0 Å². The van der Waals surface area contributed by atoms with Crippen molar-refractivity contribution in [3.05, 3.63) is 59.2 Å². The lowest BCUT2D eigenvalue weighted by Gasteiger charge is -2.14. The highest BCUT2D eigenvalue weighted by Crippen LogP contribution is 2.04. The number of hydrogen-bond acceptors (Lipinski definition) is 0. The van der Waals surface area contributed by atoms with E-state index in [1.54, 1.807) is 0 Å². The molecule has 2 aromatic rings. The highest BCUT2D eigenvalue weighted by molar-refractivity contribution is 6.84. The van der Waals surface area contributed by atoms with Crippen LogP contribution < -0.4 is 10.9 Å². The van der Waals surface area contributed by atoms with Gasteiger partial charge in [-0.3, -0.25) is 0 Å². The Kier molecular flexibility index (Phi) is 6.43. The van der Waals surface area contributed by atoms with Gasteiger partial charge in [-0.1, -0.05) is 65.8 Å². The molecule has 0 N–H and O–H groups in total. The molecule has 0 unspecified atom stereocenters. The first-order chi connectivity index (χ1) is 10.1. The number of rotatable bonds is 2. The summed E-state index contributed by atoms with van der Waals surface area (Å²) in [5, 5.41) is 0. The summed E-state index contributed by atoms with van der Waals surface area (Å²) in [7, 11) is 8.50. The van der Waals surface area contributed by atoms with Crippen molar-refractivity contribution in [3.8, 4) is 0 Å². The molecule has 1 nitrogen and oxygen atoms in total. The molecule has 0 atom stereocenters. The topological polar surface area (TPSA) is 0 Å². The predicted molar refractivity (Wildman–Crippen MR) is 102 cm³/mol. The second kappa shape index (κ2) is 7.64. The molecule has 0 saturated heterocycles. The maximum atomic E-state index is 2.31. The molecule has 0 aromatic heterocycles. The Balaban J connectivity index is 0.000000422. The van der Waals surface area contributed by atoms with Gasteiger partial charge in [0, 0.05) is 0 Å². The molecule has 2 heteroatoms. The van der Waals surface area contributed by atoms with E-state index in [1.165, 1.54) is 27.6 Å². The second-order valence-corrected chi connectivity index (χ2v) is 7.66. The maximum Gasteiger partial charge on any atom is 0.206 e. The summed E-state index contributed by atoms with van der Waals surface area (Å²) >= 11 is 0. The fourth-order valence-electron chi connectivity index (χ4n) is 2.08. The zero-order valence-electron chi connectivity index (χ0n) is 15.6. The van der Waals surface area contributed by atoms with Gasteiger partial charge in [-0.15, -0.1) is 0 Å². The Labute approximate surface area is 137 Å². The van der Waals surface area contributed by atoms with E-state index in [4.69, 9.17) is 0 Å². The van der Waals surface area contributed by atoms with Gasteiger partial charge in [-0.2, -0.15) is 0 Å². The molecule has 0 bridgehead atoms. The Morgan fingerprint density at radius 3 is 1.59 bits per heavy atom. The van der Waals surface area contributed by atoms with Gasteiger partial charge in [-0.25, -0.2) is 0 Å². The SMILES string of the molecule is CB(c1ccc(C)cc1)c1ccc(C)c(C)c1.C[N+](C)(C)C. The van der Waals surface area contributed by atoms with Crippen molar-refractivity contribution in [2.24, 2.45) is 0 Å². The fraction of sp³-hybridized carbons (Fsp3) is 0.400. The number of aryl methyl sites for hydroxylation is 3. The van der Waals surface area contributed by atoms with Crippen LogP contribution in [0.1, 0.15) is 16.7 Å². The molecular weight excluding hydrogens is 265 g/mol. The van der Waals surface area contributed by atoms with E-state index in [1.807, 2.05) is 0 Å². The third-order valence-corrected chi connectivity index (χ3v) is 3.61. The number of quaternary nitrogens is 1. The van der Waals surface area contributed by atoms with Crippen LogP contribution in [0.15, 0.2) is 42.5 Å². The molecule has 2 aromatic carbocycles. The van der Waals surface area contributed by atoms with Gasteiger partial charge in [0.2, 0.25) is 6.71 Å². The summed E-state index contributed by atoms with van der Waals surface area (Å²) in [6.45, 7) is 9.21. The average molecular weight is 296 g/mol. The van der Waals surface area contributed by atoms with E-state index in [0.717, 1.165) is 4.48 Å². The van der Waals surface area contributed by atoms with Gasteiger partial charge in [0.1, 0.15) is 0 Å². The lowest BCUT2D eigenvalue weighted by Crippen LogP contribution is -2.39. The van der Waals surface area contributed by atoms with Crippen LogP contribution in [-0.4, -0.2) is 39.4 Å². The van der Waals surface area contributed by atoms with E-state index in [0.29, 0.717) is 6.71 Å². The smallest absolute Gasteiger partial charge is 0.206 e. The number of benzene rings is 2. The lowest BCUT2D eigenvalue weighted by atomic mass is 9.42. The van der Waals surface area contributed by atoms with Gasteiger partial charge < -0.3 is 4.48 Å². The summed E-state index contributed by atoms with van der Waals surface area (Å²) in [5.41, 5.74) is 6.85. The molecule has 0 fully saturated rings. The van der Waals surface area contributed by atoms with Crippen molar-refractivity contribution in [3.63, 3.8) is 0 Å². The quantitative estimate of drug-likeness (QED) is 0.590. The summed E-state index contributed by atoms with van der Waals surface area (Å²) < 4.78 is 1.00. The van der Waals surface area contributed by atoms with Crippen LogP contribution in [0, 0.1) is 20.8 Å². The van der Waals surface area contributed by atoms with Crippen molar-refractivity contribution in [1.82, 2.24) is 0 Å². The Morgan fingerprint density at radius 2 is 1.14 bits per heavy atom. The van der Waals surface area contributed by atoms with Crippen molar-refractivity contribution < 1.29 is 4.48 Å². The van der Waals surface area contributed by atoms with Gasteiger partial charge in [-0.05, 0) is 31.9 Å². The fourth-order valence-corrected chi connectivity index (χ4v) is 2.08. The molecule has 2 rings (SSSR count). The average Bonchev–Trinajstić information content (AvgIpc) is 2.40. The molecule has 0 radical (unpaired) electrons. The van der Waals surface area contributed by atoms with Crippen molar-refractivity contribution in [2.45, 2.75) is 27.6 Å². The number of hydrogen-bond donors (Lipinski definition) is 0. The molecule has 0 aliphatic carbocycles. The first-order valence-electron chi connectivity index (χ1n) is 8.00. The summed E-state index contributed by atoms with van der Waals surface area (Å²) in [5.74, 6) is 0. The summed E-state index contributed by atoms with van der Waals surface area (Å²) in [6, 6.07) is 15.6. The minimum atomic E-state index is 0.467. The molecular formula is C20H31BN+. The largest absolute Gasteiger partial charge is 0.333 e. The van der Waals surface area contributed by atoms with Crippen LogP contribution in [0.5, 0.6) is 0 Å². The third-order valence-electron chi connectivity index (χ3n) is 3.61. The summed E-state index contributed by atoms with van der Waals surface area (Å²) in [6.07, 6.45) is 0. The highest BCUT2D eigenvalue weighted by atomic mass is 15.2. The monoisotopic (exact) mass is 296 g/mol. The van der Waals surface area contributed by atoms with Crippen LogP contribution >= 0.6 is 0 Å². The lowest BCUT2D eigenvalue weighted by molar-refractivity contribution is -0.849.